The number of para-hydroxylation sites is 2. The van der Waals surface area contributed by atoms with Crippen molar-refractivity contribution in [3.8, 4) is 0 Å². The van der Waals surface area contributed by atoms with Crippen molar-refractivity contribution >= 4 is 31.8 Å². The molecule has 0 saturated carbocycles. The molecular formula is C58H68O6S. The fraction of sp³-hybridized carbons (Fsp3) is 0.379. The predicted molar refractivity (Wildman–Crippen MR) is 267 cm³/mol. The molecule has 4 aliphatic heterocycles. The third kappa shape index (κ3) is 12.6. The van der Waals surface area contributed by atoms with Gasteiger partial charge in [0.15, 0.2) is 9.84 Å². The molecule has 0 fully saturated rings. The van der Waals surface area contributed by atoms with Crippen molar-refractivity contribution in [1.82, 2.24) is 0 Å². The van der Waals surface area contributed by atoms with E-state index in [4.69, 9.17) is 18.6 Å². The molecule has 0 bridgehead atoms. The van der Waals surface area contributed by atoms with Crippen molar-refractivity contribution < 1.29 is 27.0 Å². The Morgan fingerprint density at radius 3 is 1.29 bits per heavy atom. The summed E-state index contributed by atoms with van der Waals surface area (Å²) in [7, 11) is -2.85. The number of benzene rings is 6. The highest BCUT2D eigenvalue weighted by Gasteiger charge is 2.24. The zero-order valence-corrected chi connectivity index (χ0v) is 40.6. The van der Waals surface area contributed by atoms with E-state index in [1.165, 1.54) is 66.4 Å². The second kappa shape index (κ2) is 22.0. The fourth-order valence-electron chi connectivity index (χ4n) is 8.52. The van der Waals surface area contributed by atoms with E-state index in [1.807, 2.05) is 54.6 Å². The van der Waals surface area contributed by atoms with Crippen LogP contribution in [0.4, 0.5) is 0 Å². The number of rotatable bonds is 4. The molecule has 65 heavy (non-hydrogen) atoms. The third-order valence-corrected chi connectivity index (χ3v) is 14.2. The lowest BCUT2D eigenvalue weighted by Crippen LogP contribution is -2.10. The molecule has 342 valence electrons. The van der Waals surface area contributed by atoms with Crippen molar-refractivity contribution in [2.45, 2.75) is 130 Å². The molecule has 0 radical (unpaired) electrons. The van der Waals surface area contributed by atoms with Crippen LogP contribution in [0.1, 0.15) is 146 Å². The summed E-state index contributed by atoms with van der Waals surface area (Å²) in [6.07, 6.45) is 2.16. The van der Waals surface area contributed by atoms with Gasteiger partial charge in [0.25, 0.3) is 0 Å². The first-order valence-corrected chi connectivity index (χ1v) is 25.3. The maximum Gasteiger partial charge on any atom is 0.158 e. The second-order valence-electron chi connectivity index (χ2n) is 19.0. The molecule has 7 heteroatoms. The van der Waals surface area contributed by atoms with Gasteiger partial charge in [0.2, 0.25) is 0 Å². The summed E-state index contributed by atoms with van der Waals surface area (Å²) in [4.78, 5) is 0. The smallest absolute Gasteiger partial charge is 0.158 e. The van der Waals surface area contributed by atoms with Crippen molar-refractivity contribution in [2.24, 2.45) is 0 Å². The highest BCUT2D eigenvalue weighted by atomic mass is 32.2. The Labute approximate surface area is 388 Å². The van der Waals surface area contributed by atoms with Crippen LogP contribution in [-0.2, 0) is 74.8 Å². The van der Waals surface area contributed by atoms with Crippen LogP contribution in [0.5, 0.6) is 0 Å². The molecule has 5 heterocycles. The lowest BCUT2D eigenvalue weighted by molar-refractivity contribution is 0.110. The molecule has 6 nitrogen and oxygen atoms in total. The van der Waals surface area contributed by atoms with Crippen LogP contribution in [0.2, 0.25) is 0 Å². The number of ether oxygens (including phenoxy) is 3. The van der Waals surface area contributed by atoms with E-state index in [9.17, 15) is 8.42 Å². The quantitative estimate of drug-likeness (QED) is 0.175. The Kier molecular flexibility index (Phi) is 16.2. The van der Waals surface area contributed by atoms with Gasteiger partial charge in [-0.05, 0) is 115 Å². The summed E-state index contributed by atoms with van der Waals surface area (Å²) in [5, 5.41) is 2.39. The maximum absolute atomic E-state index is 11.4. The molecule has 0 atom stereocenters. The summed E-state index contributed by atoms with van der Waals surface area (Å²) in [6, 6.07) is 42.5. The highest BCUT2D eigenvalue weighted by molar-refractivity contribution is 7.90. The Morgan fingerprint density at radius 1 is 0.385 bits per heavy atom. The Morgan fingerprint density at radius 2 is 0.754 bits per heavy atom. The molecule has 0 amide bonds. The lowest BCUT2D eigenvalue weighted by atomic mass is 9.95. The minimum atomic E-state index is -2.85. The average molecular weight is 893 g/mol. The van der Waals surface area contributed by atoms with Crippen molar-refractivity contribution in [2.75, 3.05) is 13.2 Å². The monoisotopic (exact) mass is 892 g/mol. The van der Waals surface area contributed by atoms with E-state index >= 15 is 0 Å². The van der Waals surface area contributed by atoms with Gasteiger partial charge in [0.1, 0.15) is 11.2 Å². The average Bonchev–Trinajstić information content (AvgIpc) is 4.03. The zero-order chi connectivity index (χ0) is 46.1. The Hall–Kier alpha value is -5.05. The largest absolute Gasteiger partial charge is 0.456 e. The van der Waals surface area contributed by atoms with Gasteiger partial charge in [-0.3, -0.25) is 0 Å². The fourth-order valence-corrected chi connectivity index (χ4v) is 10.1. The van der Waals surface area contributed by atoms with Gasteiger partial charge >= 0.3 is 0 Å². The van der Waals surface area contributed by atoms with Crippen LogP contribution < -0.4 is 0 Å². The van der Waals surface area contributed by atoms with Crippen LogP contribution in [0.25, 0.3) is 21.9 Å². The van der Waals surface area contributed by atoms with Gasteiger partial charge in [-0.1, -0.05) is 165 Å². The summed E-state index contributed by atoms with van der Waals surface area (Å²) in [5.74, 6) is 2.78. The molecule has 1 aromatic heterocycles. The SMILES string of the molecule is CC(C)c1ccc2c(c1)CCOC2.CC(C)c1ccc2c(c1)COC2.CC(C)c1ccc2c(c1)COCC2.CC(C)c1ccc2c(c1)CS(=O)(=O)C2.c1ccc2c(c1)oc1ccccc12. The summed E-state index contributed by atoms with van der Waals surface area (Å²) in [6.45, 7) is 22.6. The van der Waals surface area contributed by atoms with Gasteiger partial charge in [0.05, 0.1) is 51.1 Å². The van der Waals surface area contributed by atoms with Gasteiger partial charge in [-0.25, -0.2) is 8.42 Å². The van der Waals surface area contributed by atoms with E-state index in [0.717, 1.165) is 74.8 Å². The first kappa shape index (κ1) is 47.9. The van der Waals surface area contributed by atoms with Gasteiger partial charge < -0.3 is 18.6 Å². The van der Waals surface area contributed by atoms with Gasteiger partial charge in [0, 0.05) is 10.8 Å². The number of furan rings is 1. The molecule has 0 unspecified atom stereocenters. The summed E-state index contributed by atoms with van der Waals surface area (Å²) < 4.78 is 44.6. The Bertz CT molecular complexity index is 2680. The summed E-state index contributed by atoms with van der Waals surface area (Å²) in [5.41, 5.74) is 17.9. The van der Waals surface area contributed by atoms with Crippen molar-refractivity contribution in [3.05, 3.63) is 188 Å². The molecule has 6 aromatic carbocycles. The normalized spacial score (nSPS) is 15.4. The number of hydrogen-bond acceptors (Lipinski definition) is 6. The van der Waals surface area contributed by atoms with E-state index in [2.05, 4.69) is 122 Å². The van der Waals surface area contributed by atoms with Crippen LogP contribution >= 0.6 is 0 Å². The predicted octanol–water partition coefficient (Wildman–Crippen LogP) is 14.4. The topological polar surface area (TPSA) is 75.0 Å². The van der Waals surface area contributed by atoms with E-state index in [-0.39, 0.29) is 11.5 Å². The Balaban J connectivity index is 0.000000121. The van der Waals surface area contributed by atoms with E-state index in [1.54, 1.807) is 0 Å². The van der Waals surface area contributed by atoms with E-state index < -0.39 is 9.84 Å². The van der Waals surface area contributed by atoms with Crippen molar-refractivity contribution in [1.29, 1.82) is 0 Å². The minimum absolute atomic E-state index is 0.223. The lowest BCUT2D eigenvalue weighted by Gasteiger charge is -2.18. The van der Waals surface area contributed by atoms with E-state index in [0.29, 0.717) is 23.7 Å². The van der Waals surface area contributed by atoms with Crippen LogP contribution in [0.15, 0.2) is 126 Å². The zero-order valence-electron chi connectivity index (χ0n) is 39.8. The second-order valence-corrected chi connectivity index (χ2v) is 21.0. The molecule has 7 aromatic rings. The van der Waals surface area contributed by atoms with Crippen LogP contribution in [0.3, 0.4) is 0 Å². The number of hydrogen-bond donors (Lipinski definition) is 0. The highest BCUT2D eigenvalue weighted by Crippen LogP contribution is 2.30. The number of fused-ring (bicyclic) bond motifs is 7. The molecule has 0 N–H and O–H groups in total. The molecule has 0 aliphatic carbocycles. The standard InChI is InChI=1S/C12H8O.2C12H16O.C11H14O2S.C11H14O/c1-3-7-11-9(5-1)10-6-2-4-8-12(10)13-11;1-9(2)10-3-4-12-8-13-6-5-11(12)7-10;1-9(2)11-4-3-10-5-6-13-8-12(10)7-11;1-8(2)9-3-4-10-6-14(12,13)7-11(10)5-9;1-8(2)9-3-4-10-6-12-7-11(10)5-9/h1-8H;2*3-4,7,9H,5-6,8H2,1-2H3;3-5,8H,6-7H2,1-2H3;3-5,8H,6-7H2,1-2H3. The maximum atomic E-state index is 11.4. The van der Waals surface area contributed by atoms with Gasteiger partial charge in [-0.15, -0.1) is 0 Å². The molecule has 0 spiro atoms. The molecule has 11 rings (SSSR count). The van der Waals surface area contributed by atoms with Gasteiger partial charge in [-0.2, -0.15) is 0 Å². The third-order valence-electron chi connectivity index (χ3n) is 12.7. The molecular weight excluding hydrogens is 825 g/mol. The van der Waals surface area contributed by atoms with Crippen LogP contribution in [0, 0.1) is 0 Å². The summed E-state index contributed by atoms with van der Waals surface area (Å²) >= 11 is 0. The van der Waals surface area contributed by atoms with Crippen LogP contribution in [-0.4, -0.2) is 21.6 Å². The molecule has 0 saturated heterocycles. The first-order valence-electron chi connectivity index (χ1n) is 23.5. The number of sulfone groups is 1. The molecule has 4 aliphatic rings. The van der Waals surface area contributed by atoms with Crippen molar-refractivity contribution in [3.63, 3.8) is 0 Å². The first-order chi connectivity index (χ1) is 31.2. The minimum Gasteiger partial charge on any atom is -0.456 e.